The van der Waals surface area contributed by atoms with E-state index in [0.717, 1.165) is 18.5 Å². The van der Waals surface area contributed by atoms with E-state index in [0.29, 0.717) is 12.8 Å². The van der Waals surface area contributed by atoms with Gasteiger partial charge in [-0.3, -0.25) is 4.79 Å². The highest BCUT2D eigenvalue weighted by molar-refractivity contribution is 7.07. The molecule has 18 heavy (non-hydrogen) atoms. The van der Waals surface area contributed by atoms with Gasteiger partial charge in [0.2, 0.25) is 5.91 Å². The molecule has 0 unspecified atom stereocenters. The minimum Gasteiger partial charge on any atom is -0.480 e. The number of unbranched alkanes of at least 4 members (excludes halogenated alkanes) is 1. The van der Waals surface area contributed by atoms with Crippen molar-refractivity contribution in [2.24, 2.45) is 0 Å². The van der Waals surface area contributed by atoms with Crippen LogP contribution in [0.4, 0.5) is 0 Å². The minimum atomic E-state index is -0.967. The third kappa shape index (κ3) is 5.27. The van der Waals surface area contributed by atoms with Gasteiger partial charge in [-0.25, -0.2) is 9.78 Å². The Kier molecular flexibility index (Phi) is 6.35. The van der Waals surface area contributed by atoms with E-state index in [-0.39, 0.29) is 12.3 Å². The molecule has 0 aromatic carbocycles. The number of hydrogen-bond donors (Lipinski definition) is 2. The maximum atomic E-state index is 11.6. The van der Waals surface area contributed by atoms with Gasteiger partial charge in [-0.1, -0.05) is 19.8 Å². The zero-order valence-corrected chi connectivity index (χ0v) is 11.2. The van der Waals surface area contributed by atoms with E-state index in [4.69, 9.17) is 5.11 Å². The van der Waals surface area contributed by atoms with E-state index >= 15 is 0 Å². The molecule has 0 saturated carbocycles. The zero-order valence-electron chi connectivity index (χ0n) is 10.4. The van der Waals surface area contributed by atoms with Gasteiger partial charge in [-0.15, -0.1) is 11.3 Å². The van der Waals surface area contributed by atoms with Crippen molar-refractivity contribution < 1.29 is 14.7 Å². The normalized spacial score (nSPS) is 12.1. The van der Waals surface area contributed by atoms with Gasteiger partial charge < -0.3 is 10.4 Å². The van der Waals surface area contributed by atoms with Crippen molar-refractivity contribution in [3.8, 4) is 0 Å². The van der Waals surface area contributed by atoms with Crippen LogP contribution < -0.4 is 5.32 Å². The highest BCUT2D eigenvalue weighted by Gasteiger charge is 2.18. The van der Waals surface area contributed by atoms with Crippen LogP contribution in [0.2, 0.25) is 0 Å². The minimum absolute atomic E-state index is 0.230. The molecule has 1 rings (SSSR count). The molecule has 1 aromatic rings. The van der Waals surface area contributed by atoms with Crippen LogP contribution in [0, 0.1) is 0 Å². The van der Waals surface area contributed by atoms with E-state index in [1.54, 1.807) is 5.51 Å². The number of nitrogens with one attached hydrogen (secondary N) is 1. The van der Waals surface area contributed by atoms with Crippen molar-refractivity contribution in [2.45, 2.75) is 45.1 Å². The lowest BCUT2D eigenvalue weighted by Crippen LogP contribution is -2.40. The Morgan fingerprint density at radius 3 is 2.89 bits per heavy atom. The molecule has 1 heterocycles. The van der Waals surface area contributed by atoms with Crippen molar-refractivity contribution in [1.82, 2.24) is 10.3 Å². The van der Waals surface area contributed by atoms with E-state index in [1.807, 2.05) is 12.3 Å². The lowest BCUT2D eigenvalue weighted by molar-refractivity contribution is -0.142. The summed E-state index contributed by atoms with van der Waals surface area (Å²) < 4.78 is 0. The van der Waals surface area contributed by atoms with E-state index in [9.17, 15) is 9.59 Å². The summed E-state index contributed by atoms with van der Waals surface area (Å²) in [6.07, 6.45) is 3.02. The second-order valence-corrected chi connectivity index (χ2v) is 4.80. The van der Waals surface area contributed by atoms with Gasteiger partial charge in [0.15, 0.2) is 0 Å². The topological polar surface area (TPSA) is 79.3 Å². The molecule has 0 aliphatic rings. The molecule has 1 atom stereocenters. The van der Waals surface area contributed by atoms with Crippen molar-refractivity contribution in [1.29, 1.82) is 0 Å². The number of thiazole rings is 1. The molecular weight excluding hydrogens is 252 g/mol. The Bertz CT molecular complexity index is 379. The Hall–Kier alpha value is -1.43. The zero-order chi connectivity index (χ0) is 13.4. The number of carboxylic acid groups (broad SMARTS) is 1. The number of amides is 1. The summed E-state index contributed by atoms with van der Waals surface area (Å²) in [6, 6.07) is -0.770. The monoisotopic (exact) mass is 270 g/mol. The maximum Gasteiger partial charge on any atom is 0.326 e. The van der Waals surface area contributed by atoms with Crippen molar-refractivity contribution in [3.63, 3.8) is 0 Å². The number of carbonyl (C=O) groups excluding carboxylic acids is 1. The average molecular weight is 270 g/mol. The van der Waals surface area contributed by atoms with Crippen LogP contribution in [-0.2, 0) is 16.0 Å². The molecule has 0 aliphatic carbocycles. The van der Waals surface area contributed by atoms with E-state index in [1.165, 1.54) is 11.3 Å². The lowest BCUT2D eigenvalue weighted by Gasteiger charge is -2.13. The fourth-order valence-corrected chi connectivity index (χ4v) is 2.13. The Labute approximate surface area is 110 Å². The first-order valence-corrected chi connectivity index (χ1v) is 6.97. The molecule has 2 N–H and O–H groups in total. The molecule has 0 aliphatic heterocycles. The van der Waals surface area contributed by atoms with Gasteiger partial charge in [0.25, 0.3) is 0 Å². The van der Waals surface area contributed by atoms with Gasteiger partial charge in [0.1, 0.15) is 6.04 Å². The standard InChI is InChI=1S/C12H18N2O3S/c1-2-3-4-10(12(16)17)14-11(15)6-5-9-7-18-8-13-9/h7-8,10H,2-6H2,1H3,(H,14,15)(H,16,17)/t10-/m0/s1. The van der Waals surface area contributed by atoms with Crippen LogP contribution in [0.15, 0.2) is 10.9 Å². The molecule has 0 bridgehead atoms. The number of aryl methyl sites for hydroxylation is 1. The fraction of sp³-hybridized carbons (Fsp3) is 0.583. The van der Waals surface area contributed by atoms with Crippen molar-refractivity contribution >= 4 is 23.2 Å². The third-order valence-electron chi connectivity index (χ3n) is 2.57. The summed E-state index contributed by atoms with van der Waals surface area (Å²) in [5.41, 5.74) is 2.59. The average Bonchev–Trinajstić information content (AvgIpc) is 2.84. The number of nitrogens with zero attached hydrogens (tertiary/aromatic N) is 1. The lowest BCUT2D eigenvalue weighted by atomic mass is 10.1. The molecule has 1 aromatic heterocycles. The van der Waals surface area contributed by atoms with Crippen molar-refractivity contribution in [2.75, 3.05) is 0 Å². The summed E-state index contributed by atoms with van der Waals surface area (Å²) in [6.45, 7) is 1.99. The summed E-state index contributed by atoms with van der Waals surface area (Å²) in [5.74, 6) is -1.20. The number of carbonyl (C=O) groups is 2. The Balaban J connectivity index is 2.34. The van der Waals surface area contributed by atoms with E-state index in [2.05, 4.69) is 10.3 Å². The number of carboxylic acids is 1. The highest BCUT2D eigenvalue weighted by atomic mass is 32.1. The van der Waals surface area contributed by atoms with Crippen LogP contribution >= 0.6 is 11.3 Å². The third-order valence-corrected chi connectivity index (χ3v) is 3.21. The van der Waals surface area contributed by atoms with Gasteiger partial charge in [0, 0.05) is 11.8 Å². The van der Waals surface area contributed by atoms with Crippen LogP contribution in [0.3, 0.4) is 0 Å². The number of aromatic nitrogens is 1. The molecule has 0 radical (unpaired) electrons. The smallest absolute Gasteiger partial charge is 0.326 e. The van der Waals surface area contributed by atoms with E-state index < -0.39 is 12.0 Å². The Morgan fingerprint density at radius 2 is 2.33 bits per heavy atom. The summed E-state index contributed by atoms with van der Waals surface area (Å²) in [7, 11) is 0. The molecule has 0 fully saturated rings. The first-order valence-electron chi connectivity index (χ1n) is 6.02. The Morgan fingerprint density at radius 1 is 1.56 bits per heavy atom. The SMILES string of the molecule is CCCC[C@H](NC(=O)CCc1cscn1)C(=O)O. The predicted octanol–water partition coefficient (Wildman–Crippen LogP) is 1.84. The molecule has 0 spiro atoms. The first-order chi connectivity index (χ1) is 8.63. The molecule has 1 amide bonds. The summed E-state index contributed by atoms with van der Waals surface area (Å²) in [5, 5.41) is 13.4. The van der Waals surface area contributed by atoms with Gasteiger partial charge in [-0.05, 0) is 12.8 Å². The van der Waals surface area contributed by atoms with Gasteiger partial charge in [-0.2, -0.15) is 0 Å². The largest absolute Gasteiger partial charge is 0.480 e. The number of aliphatic carboxylic acids is 1. The van der Waals surface area contributed by atoms with Gasteiger partial charge in [0.05, 0.1) is 11.2 Å². The van der Waals surface area contributed by atoms with Crippen LogP contribution in [0.5, 0.6) is 0 Å². The quantitative estimate of drug-likeness (QED) is 0.755. The predicted molar refractivity (Wildman–Crippen MR) is 69.5 cm³/mol. The number of hydrogen-bond acceptors (Lipinski definition) is 4. The fourth-order valence-electron chi connectivity index (χ4n) is 1.53. The first kappa shape index (κ1) is 14.6. The molecule has 6 heteroatoms. The molecule has 5 nitrogen and oxygen atoms in total. The van der Waals surface area contributed by atoms with Crippen LogP contribution in [0.25, 0.3) is 0 Å². The number of rotatable bonds is 8. The highest BCUT2D eigenvalue weighted by Crippen LogP contribution is 2.05. The second-order valence-electron chi connectivity index (χ2n) is 4.08. The summed E-state index contributed by atoms with van der Waals surface area (Å²) in [4.78, 5) is 26.6. The van der Waals surface area contributed by atoms with Crippen LogP contribution in [0.1, 0.15) is 38.3 Å². The van der Waals surface area contributed by atoms with Crippen LogP contribution in [-0.4, -0.2) is 28.0 Å². The molecule has 100 valence electrons. The van der Waals surface area contributed by atoms with Crippen molar-refractivity contribution in [3.05, 3.63) is 16.6 Å². The summed E-state index contributed by atoms with van der Waals surface area (Å²) >= 11 is 1.48. The molecule has 0 saturated heterocycles. The molecular formula is C12H18N2O3S. The second kappa shape index (κ2) is 7.81. The van der Waals surface area contributed by atoms with Gasteiger partial charge >= 0.3 is 5.97 Å². The maximum absolute atomic E-state index is 11.6.